The molecule has 0 aromatic carbocycles. The highest BCUT2D eigenvalue weighted by Gasteiger charge is 2.19. The molecule has 0 aromatic rings. The predicted molar refractivity (Wildman–Crippen MR) is 62.6 cm³/mol. The number of nitrogens with one attached hydrogen (secondary N) is 1. The second-order valence-electron chi connectivity index (χ2n) is 5.17. The molecule has 2 nitrogen and oxygen atoms in total. The van der Waals surface area contributed by atoms with Gasteiger partial charge in [0, 0.05) is 31.7 Å². The molecule has 2 heteroatoms. The van der Waals surface area contributed by atoms with Crippen LogP contribution in [0.4, 0.5) is 0 Å². The number of rotatable bonds is 4. The molecule has 0 aliphatic carbocycles. The largest absolute Gasteiger partial charge is 0.312 e. The molecule has 2 unspecified atom stereocenters. The lowest BCUT2D eigenvalue weighted by Gasteiger charge is -2.36. The van der Waals surface area contributed by atoms with Gasteiger partial charge in [-0.2, -0.15) is 0 Å². The molecule has 84 valence electrons. The van der Waals surface area contributed by atoms with Crippen LogP contribution in [-0.2, 0) is 0 Å². The standard InChI is InChI=1S/C12H26N2/c1-10(2)5-6-12(4)14-8-7-13-11(3)9-14/h10-13H,5-9H2,1-4H3. The molecule has 0 amide bonds. The van der Waals surface area contributed by atoms with E-state index in [1.165, 1.54) is 25.9 Å². The molecule has 0 radical (unpaired) electrons. The van der Waals surface area contributed by atoms with Crippen molar-refractivity contribution in [1.29, 1.82) is 0 Å². The smallest absolute Gasteiger partial charge is 0.0167 e. The third-order valence-electron chi connectivity index (χ3n) is 3.19. The number of hydrogen-bond donors (Lipinski definition) is 1. The lowest BCUT2D eigenvalue weighted by atomic mass is 10.0. The van der Waals surface area contributed by atoms with Crippen molar-refractivity contribution in [2.45, 2.75) is 52.6 Å². The summed E-state index contributed by atoms with van der Waals surface area (Å²) in [6.45, 7) is 12.9. The first-order valence-electron chi connectivity index (χ1n) is 6.07. The molecular formula is C12H26N2. The second-order valence-corrected chi connectivity index (χ2v) is 5.17. The Bertz CT molecular complexity index is 156. The van der Waals surface area contributed by atoms with Gasteiger partial charge >= 0.3 is 0 Å². The molecule has 1 fully saturated rings. The molecule has 1 rings (SSSR count). The molecule has 2 atom stereocenters. The van der Waals surface area contributed by atoms with Crippen molar-refractivity contribution in [3.63, 3.8) is 0 Å². The topological polar surface area (TPSA) is 15.3 Å². The van der Waals surface area contributed by atoms with Gasteiger partial charge in [-0.1, -0.05) is 13.8 Å². The van der Waals surface area contributed by atoms with Gasteiger partial charge in [0.25, 0.3) is 0 Å². The van der Waals surface area contributed by atoms with Gasteiger partial charge in [0.05, 0.1) is 0 Å². The summed E-state index contributed by atoms with van der Waals surface area (Å²) in [7, 11) is 0. The van der Waals surface area contributed by atoms with E-state index in [1.54, 1.807) is 0 Å². The Hall–Kier alpha value is -0.0800. The van der Waals surface area contributed by atoms with Gasteiger partial charge in [0.2, 0.25) is 0 Å². The van der Waals surface area contributed by atoms with Gasteiger partial charge in [-0.15, -0.1) is 0 Å². The van der Waals surface area contributed by atoms with Crippen LogP contribution in [-0.4, -0.2) is 36.6 Å². The van der Waals surface area contributed by atoms with Crippen LogP contribution in [0.5, 0.6) is 0 Å². The van der Waals surface area contributed by atoms with E-state index in [2.05, 4.69) is 37.9 Å². The highest BCUT2D eigenvalue weighted by molar-refractivity contribution is 4.78. The summed E-state index contributed by atoms with van der Waals surface area (Å²) >= 11 is 0. The lowest BCUT2D eigenvalue weighted by molar-refractivity contribution is 0.147. The van der Waals surface area contributed by atoms with Crippen molar-refractivity contribution < 1.29 is 0 Å². The summed E-state index contributed by atoms with van der Waals surface area (Å²) in [5.74, 6) is 0.845. The number of piperazine rings is 1. The maximum absolute atomic E-state index is 3.49. The van der Waals surface area contributed by atoms with E-state index in [0.717, 1.165) is 18.5 Å². The van der Waals surface area contributed by atoms with Crippen molar-refractivity contribution in [3.05, 3.63) is 0 Å². The van der Waals surface area contributed by atoms with Crippen molar-refractivity contribution in [2.75, 3.05) is 19.6 Å². The maximum Gasteiger partial charge on any atom is 0.0167 e. The first kappa shape index (κ1) is 12.0. The Balaban J connectivity index is 2.25. The van der Waals surface area contributed by atoms with E-state index < -0.39 is 0 Å². The molecule has 0 bridgehead atoms. The Morgan fingerprint density at radius 3 is 2.57 bits per heavy atom. The monoisotopic (exact) mass is 198 g/mol. The van der Waals surface area contributed by atoms with E-state index >= 15 is 0 Å². The average molecular weight is 198 g/mol. The van der Waals surface area contributed by atoms with Gasteiger partial charge in [0.1, 0.15) is 0 Å². The molecule has 0 saturated carbocycles. The minimum absolute atomic E-state index is 0.672. The molecule has 14 heavy (non-hydrogen) atoms. The van der Waals surface area contributed by atoms with Crippen LogP contribution < -0.4 is 5.32 Å². The van der Waals surface area contributed by atoms with Crippen LogP contribution >= 0.6 is 0 Å². The third kappa shape index (κ3) is 3.97. The summed E-state index contributed by atoms with van der Waals surface area (Å²) < 4.78 is 0. The summed E-state index contributed by atoms with van der Waals surface area (Å²) in [4.78, 5) is 2.63. The van der Waals surface area contributed by atoms with E-state index in [0.29, 0.717) is 6.04 Å². The summed E-state index contributed by atoms with van der Waals surface area (Å²) in [5, 5.41) is 3.49. The van der Waals surface area contributed by atoms with Crippen molar-refractivity contribution >= 4 is 0 Å². The minimum Gasteiger partial charge on any atom is -0.312 e. The van der Waals surface area contributed by atoms with Crippen LogP contribution in [0, 0.1) is 5.92 Å². The highest BCUT2D eigenvalue weighted by Crippen LogP contribution is 2.13. The average Bonchev–Trinajstić information content (AvgIpc) is 2.14. The maximum atomic E-state index is 3.49. The van der Waals surface area contributed by atoms with Gasteiger partial charge in [-0.25, -0.2) is 0 Å². The molecule has 1 aliphatic heterocycles. The van der Waals surface area contributed by atoms with E-state index in [1.807, 2.05) is 0 Å². The third-order valence-corrected chi connectivity index (χ3v) is 3.19. The van der Waals surface area contributed by atoms with Crippen LogP contribution in [0.2, 0.25) is 0 Å². The molecular weight excluding hydrogens is 172 g/mol. The molecule has 1 saturated heterocycles. The summed E-state index contributed by atoms with van der Waals surface area (Å²) in [6.07, 6.45) is 2.71. The van der Waals surface area contributed by atoms with Crippen molar-refractivity contribution in [2.24, 2.45) is 5.92 Å². The van der Waals surface area contributed by atoms with Crippen LogP contribution in [0.25, 0.3) is 0 Å². The first-order valence-corrected chi connectivity index (χ1v) is 6.07. The zero-order valence-corrected chi connectivity index (χ0v) is 10.2. The van der Waals surface area contributed by atoms with Crippen LogP contribution in [0.15, 0.2) is 0 Å². The Kier molecular flexibility index (Phi) is 4.90. The van der Waals surface area contributed by atoms with Crippen LogP contribution in [0.1, 0.15) is 40.5 Å². The zero-order chi connectivity index (χ0) is 10.6. The molecule has 0 spiro atoms. The van der Waals surface area contributed by atoms with E-state index in [4.69, 9.17) is 0 Å². The lowest BCUT2D eigenvalue weighted by Crippen LogP contribution is -2.52. The van der Waals surface area contributed by atoms with Gasteiger partial charge in [-0.3, -0.25) is 4.90 Å². The van der Waals surface area contributed by atoms with Crippen molar-refractivity contribution in [3.8, 4) is 0 Å². The van der Waals surface area contributed by atoms with Crippen molar-refractivity contribution in [1.82, 2.24) is 10.2 Å². The fraction of sp³-hybridized carbons (Fsp3) is 1.00. The van der Waals surface area contributed by atoms with Gasteiger partial charge in [-0.05, 0) is 32.6 Å². The quantitative estimate of drug-likeness (QED) is 0.744. The number of hydrogen-bond acceptors (Lipinski definition) is 2. The molecule has 1 N–H and O–H groups in total. The van der Waals surface area contributed by atoms with Gasteiger partial charge in [0.15, 0.2) is 0 Å². The summed E-state index contributed by atoms with van der Waals surface area (Å²) in [6, 6.07) is 1.44. The molecule has 0 aromatic heterocycles. The Labute approximate surface area is 89.1 Å². The van der Waals surface area contributed by atoms with E-state index in [9.17, 15) is 0 Å². The summed E-state index contributed by atoms with van der Waals surface area (Å²) in [5.41, 5.74) is 0. The number of nitrogens with zero attached hydrogens (tertiary/aromatic N) is 1. The van der Waals surface area contributed by atoms with E-state index in [-0.39, 0.29) is 0 Å². The minimum atomic E-state index is 0.672. The highest BCUT2D eigenvalue weighted by atomic mass is 15.2. The fourth-order valence-electron chi connectivity index (χ4n) is 2.12. The molecule has 1 aliphatic rings. The zero-order valence-electron chi connectivity index (χ0n) is 10.2. The van der Waals surface area contributed by atoms with Crippen LogP contribution in [0.3, 0.4) is 0 Å². The van der Waals surface area contributed by atoms with Gasteiger partial charge < -0.3 is 5.32 Å². The Morgan fingerprint density at radius 2 is 2.00 bits per heavy atom. The second kappa shape index (κ2) is 5.72. The molecule has 1 heterocycles. The fourth-order valence-corrected chi connectivity index (χ4v) is 2.12. The normalized spacial score (nSPS) is 26.8. The Morgan fingerprint density at radius 1 is 1.29 bits per heavy atom. The first-order chi connectivity index (χ1) is 6.59. The SMILES string of the molecule is CC(C)CCC(C)N1CCNC(C)C1. The predicted octanol–water partition coefficient (Wildman–Crippen LogP) is 2.10.